The smallest absolute Gasteiger partial charge is 0.312 e. The minimum Gasteiger partial charge on any atom is -0.461 e. The summed E-state index contributed by atoms with van der Waals surface area (Å²) >= 11 is 0. The molecule has 0 aromatic heterocycles. The van der Waals surface area contributed by atoms with Gasteiger partial charge in [-0.15, -0.1) is 0 Å². The molecule has 1 aromatic carbocycles. The number of rotatable bonds is 26. The van der Waals surface area contributed by atoms with Gasteiger partial charge in [-0.2, -0.15) is 0 Å². The second-order valence-electron chi connectivity index (χ2n) is 13.1. The van der Waals surface area contributed by atoms with Gasteiger partial charge in [0.05, 0.1) is 32.3 Å². The van der Waals surface area contributed by atoms with Crippen LogP contribution in [0.2, 0.25) is 0 Å². The first-order valence-electron chi connectivity index (χ1n) is 18.4. The second kappa shape index (κ2) is 24.9. The van der Waals surface area contributed by atoms with E-state index in [0.717, 1.165) is 22.6 Å². The number of esters is 1. The van der Waals surface area contributed by atoms with E-state index in [0.29, 0.717) is 18.5 Å². The fourth-order valence-corrected chi connectivity index (χ4v) is 4.91. The van der Waals surface area contributed by atoms with E-state index >= 15 is 0 Å². The molecule has 1 aliphatic heterocycles. The molecule has 7 N–H and O–H groups in total. The van der Waals surface area contributed by atoms with Gasteiger partial charge in [-0.3, -0.25) is 38.5 Å². The molecule has 0 aliphatic carbocycles. The van der Waals surface area contributed by atoms with Gasteiger partial charge in [0.2, 0.25) is 23.6 Å². The number of amides is 8. The number of nitrogens with two attached hydrogens (primary N) is 1. The topological polar surface area (TPSA) is 254 Å². The second-order valence-corrected chi connectivity index (χ2v) is 13.1. The van der Waals surface area contributed by atoms with Crippen LogP contribution < -0.4 is 32.3 Å². The van der Waals surface area contributed by atoms with Gasteiger partial charge in [-0.05, 0) is 42.9 Å². The molecule has 0 fully saturated rings. The van der Waals surface area contributed by atoms with E-state index in [1.807, 2.05) is 6.92 Å². The zero-order valence-corrected chi connectivity index (χ0v) is 32.0. The lowest BCUT2D eigenvalue weighted by atomic mass is 10.0. The van der Waals surface area contributed by atoms with Crippen LogP contribution in [0.5, 0.6) is 0 Å². The van der Waals surface area contributed by atoms with Gasteiger partial charge in [0, 0.05) is 50.3 Å². The van der Waals surface area contributed by atoms with Crippen LogP contribution in [0, 0.1) is 11.8 Å². The highest BCUT2D eigenvalue weighted by atomic mass is 16.5. The third-order valence-electron chi connectivity index (χ3n) is 8.36. The Labute approximate surface area is 321 Å². The van der Waals surface area contributed by atoms with Crippen LogP contribution in [-0.4, -0.2) is 110 Å². The Hall–Kier alpha value is -5.36. The lowest BCUT2D eigenvalue weighted by Crippen LogP contribution is -2.54. The zero-order chi connectivity index (χ0) is 40.8. The number of anilines is 1. The van der Waals surface area contributed by atoms with E-state index in [4.69, 9.17) is 19.9 Å². The maximum absolute atomic E-state index is 13.4. The molecular formula is C37H55N7O11. The van der Waals surface area contributed by atoms with Gasteiger partial charge >= 0.3 is 12.0 Å². The van der Waals surface area contributed by atoms with Gasteiger partial charge in [0.25, 0.3) is 11.8 Å². The Kier molecular flexibility index (Phi) is 20.7. The van der Waals surface area contributed by atoms with Crippen LogP contribution in [0.1, 0.15) is 65.4 Å². The predicted molar refractivity (Wildman–Crippen MR) is 200 cm³/mol. The summed E-state index contributed by atoms with van der Waals surface area (Å²) in [4.78, 5) is 98.5. The molecule has 2 unspecified atom stereocenters. The Morgan fingerprint density at radius 3 is 2.05 bits per heavy atom. The van der Waals surface area contributed by atoms with Crippen LogP contribution in [0.25, 0.3) is 0 Å². The molecule has 8 amide bonds. The Morgan fingerprint density at radius 2 is 1.44 bits per heavy atom. The first-order valence-corrected chi connectivity index (χ1v) is 18.4. The number of nitrogens with zero attached hydrogens (tertiary/aromatic N) is 1. The number of ether oxygens (including phenoxy) is 3. The van der Waals surface area contributed by atoms with Crippen LogP contribution in [-0.2, 0) is 54.4 Å². The van der Waals surface area contributed by atoms with Crippen molar-refractivity contribution in [1.29, 1.82) is 0 Å². The summed E-state index contributed by atoms with van der Waals surface area (Å²) in [6.07, 6.45) is 3.40. The molecule has 1 heterocycles. The van der Waals surface area contributed by atoms with Gasteiger partial charge in [0.15, 0.2) is 0 Å². The number of carbonyl (C=O) groups excluding carboxylic acids is 8. The van der Waals surface area contributed by atoms with E-state index in [1.165, 1.54) is 0 Å². The maximum Gasteiger partial charge on any atom is 0.312 e. The van der Waals surface area contributed by atoms with Crippen molar-refractivity contribution in [2.24, 2.45) is 17.6 Å². The van der Waals surface area contributed by atoms with Crippen LogP contribution in [0.3, 0.4) is 0 Å². The number of primary amides is 1. The van der Waals surface area contributed by atoms with Gasteiger partial charge in [0.1, 0.15) is 18.7 Å². The molecule has 1 aliphatic rings. The standard InChI is InChI=1S/C37H55N7O11/c1-5-25(4)36(51)55-23-26-8-10-27(11-9-26)41-34(49)28(7-6-16-40-37(38)52)42-35(50)33(24(2)3)43-30(46)15-19-53-21-22-54-20-17-39-29(45)14-18-44-31(47)12-13-32(44)48/h8-13,24-25,28,33H,5-7,14-23H2,1-4H3,(H,39,45)(H,41,49)(H,42,50)(H,43,46)(H3,38,40,52)/t25?,28-,33?/m0/s1. The first kappa shape index (κ1) is 45.8. The number of hydrogen-bond acceptors (Lipinski definition) is 11. The van der Waals surface area contributed by atoms with Crippen molar-refractivity contribution in [2.75, 3.05) is 51.4 Å². The van der Waals surface area contributed by atoms with Crippen molar-refractivity contribution in [1.82, 2.24) is 26.2 Å². The highest BCUT2D eigenvalue weighted by Crippen LogP contribution is 2.14. The molecule has 1 aromatic rings. The summed E-state index contributed by atoms with van der Waals surface area (Å²) in [6, 6.07) is 4.02. The quantitative estimate of drug-likeness (QED) is 0.0433. The van der Waals surface area contributed by atoms with Gasteiger partial charge < -0.3 is 46.5 Å². The number of urea groups is 1. The van der Waals surface area contributed by atoms with E-state index in [-0.39, 0.29) is 95.6 Å². The molecule has 0 saturated heterocycles. The average Bonchev–Trinajstić information content (AvgIpc) is 3.47. The molecule has 0 bridgehead atoms. The maximum atomic E-state index is 13.4. The zero-order valence-electron chi connectivity index (χ0n) is 32.0. The number of imide groups is 1. The molecule has 0 radical (unpaired) electrons. The summed E-state index contributed by atoms with van der Waals surface area (Å²) < 4.78 is 16.2. The minimum absolute atomic E-state index is 0.00521. The van der Waals surface area contributed by atoms with Crippen LogP contribution >= 0.6 is 0 Å². The monoisotopic (exact) mass is 773 g/mol. The van der Waals surface area contributed by atoms with Crippen LogP contribution in [0.4, 0.5) is 10.5 Å². The first-order chi connectivity index (χ1) is 26.2. The summed E-state index contributed by atoms with van der Waals surface area (Å²) in [5.74, 6) is -3.57. The lowest BCUT2D eigenvalue weighted by Gasteiger charge is -2.25. The minimum atomic E-state index is -1.02. The summed E-state index contributed by atoms with van der Waals surface area (Å²) in [5, 5.41) is 13.3. The third kappa shape index (κ3) is 18.0. The lowest BCUT2D eigenvalue weighted by molar-refractivity contribution is -0.149. The number of nitrogens with one attached hydrogen (secondary N) is 5. The van der Waals surface area contributed by atoms with Gasteiger partial charge in [-0.1, -0.05) is 39.8 Å². The van der Waals surface area contributed by atoms with Crippen molar-refractivity contribution in [3.05, 3.63) is 42.0 Å². The van der Waals surface area contributed by atoms with Crippen molar-refractivity contribution in [2.45, 2.75) is 78.5 Å². The molecule has 2 rings (SSSR count). The number of carbonyl (C=O) groups is 8. The fraction of sp³-hybridized carbons (Fsp3) is 0.568. The SMILES string of the molecule is CCC(C)C(=O)OCc1ccc(NC(=O)[C@H](CCCNC(N)=O)NC(=O)C(NC(=O)CCOCCOCCNC(=O)CCN2C(=O)C=CC2=O)C(C)C)cc1. The molecule has 0 saturated carbocycles. The molecule has 18 nitrogen and oxygen atoms in total. The van der Waals surface area contributed by atoms with Crippen molar-refractivity contribution in [3.63, 3.8) is 0 Å². The highest BCUT2D eigenvalue weighted by molar-refractivity contribution is 6.13. The molecule has 18 heteroatoms. The Bertz CT molecular complexity index is 1480. The Balaban J connectivity index is 1.77. The summed E-state index contributed by atoms with van der Waals surface area (Å²) in [5.41, 5.74) is 6.32. The Morgan fingerprint density at radius 1 is 0.782 bits per heavy atom. The van der Waals surface area contributed by atoms with Crippen LogP contribution in [0.15, 0.2) is 36.4 Å². The molecule has 304 valence electrons. The van der Waals surface area contributed by atoms with E-state index in [1.54, 1.807) is 45.0 Å². The average molecular weight is 774 g/mol. The van der Waals surface area contributed by atoms with Crippen molar-refractivity contribution in [3.8, 4) is 0 Å². The summed E-state index contributed by atoms with van der Waals surface area (Å²) in [7, 11) is 0. The highest BCUT2D eigenvalue weighted by Gasteiger charge is 2.29. The van der Waals surface area contributed by atoms with E-state index in [2.05, 4.69) is 26.6 Å². The molecule has 3 atom stereocenters. The largest absolute Gasteiger partial charge is 0.461 e. The van der Waals surface area contributed by atoms with E-state index in [9.17, 15) is 38.4 Å². The molecule has 0 spiro atoms. The number of hydrogen-bond donors (Lipinski definition) is 6. The summed E-state index contributed by atoms with van der Waals surface area (Å²) in [6.45, 7) is 8.31. The van der Waals surface area contributed by atoms with Crippen molar-refractivity contribution < 1.29 is 52.6 Å². The number of benzene rings is 1. The molecular weight excluding hydrogens is 718 g/mol. The van der Waals surface area contributed by atoms with Gasteiger partial charge in [-0.25, -0.2) is 4.79 Å². The normalized spacial score (nSPS) is 13.9. The predicted octanol–water partition coefficient (Wildman–Crippen LogP) is 0.643. The van der Waals surface area contributed by atoms with E-state index < -0.39 is 47.7 Å². The van der Waals surface area contributed by atoms with Crippen molar-refractivity contribution >= 4 is 53.1 Å². The third-order valence-corrected chi connectivity index (χ3v) is 8.36. The fourth-order valence-electron chi connectivity index (χ4n) is 4.91. The molecule has 55 heavy (non-hydrogen) atoms.